The summed E-state index contributed by atoms with van der Waals surface area (Å²) in [6, 6.07) is 11.0. The summed E-state index contributed by atoms with van der Waals surface area (Å²) in [5, 5.41) is 0. The molecule has 0 saturated carbocycles. The van der Waals surface area contributed by atoms with Crippen LogP contribution in [0.2, 0.25) is 0 Å². The Morgan fingerprint density at radius 2 is 1.35 bits per heavy atom. The molecule has 2 aliphatic heterocycles. The summed E-state index contributed by atoms with van der Waals surface area (Å²) < 4.78 is 55.3. The molecule has 4 heterocycles. The number of nitrogens with one attached hydrogen (secondary N) is 2. The predicted molar refractivity (Wildman–Crippen MR) is 177 cm³/mol. The number of H-pyrrole nitrogens is 2. The molecule has 2 saturated heterocycles. The molecule has 2 aliphatic rings. The second kappa shape index (κ2) is 12.6. The zero-order valence-corrected chi connectivity index (χ0v) is 28.4. The number of likely N-dealkylation sites (tertiary alicyclic amines) is 2. The van der Waals surface area contributed by atoms with Gasteiger partial charge in [-0.05, 0) is 83.2 Å². The van der Waals surface area contributed by atoms with E-state index in [1.54, 1.807) is 44.1 Å². The zero-order chi connectivity index (χ0) is 35.3. The van der Waals surface area contributed by atoms with Crippen LogP contribution in [0.15, 0.2) is 54.9 Å². The van der Waals surface area contributed by atoms with Crippen molar-refractivity contribution in [3.05, 3.63) is 72.3 Å². The Labute approximate surface area is 283 Å². The maximum absolute atomic E-state index is 15.5. The highest BCUT2D eigenvalue weighted by molar-refractivity contribution is 5.73. The third-order valence-electron chi connectivity index (χ3n) is 8.39. The molecule has 2 N–H and O–H groups in total. The van der Waals surface area contributed by atoms with Gasteiger partial charge in [0.15, 0.2) is 0 Å². The topological polar surface area (TPSA) is 116 Å². The lowest BCUT2D eigenvalue weighted by Gasteiger charge is -2.27. The number of carbonyl (C=O) groups is 2. The van der Waals surface area contributed by atoms with Gasteiger partial charge in [0, 0.05) is 18.5 Å². The number of ether oxygens (including phenoxy) is 2. The Bertz CT molecular complexity index is 1840. The van der Waals surface area contributed by atoms with Crippen molar-refractivity contribution >= 4 is 12.2 Å². The van der Waals surface area contributed by atoms with Gasteiger partial charge in [-0.1, -0.05) is 30.3 Å². The Hall–Kier alpha value is -4.81. The first-order chi connectivity index (χ1) is 23.0. The molecular formula is C36H41F3N6O4. The van der Waals surface area contributed by atoms with Crippen LogP contribution in [0.3, 0.4) is 0 Å². The van der Waals surface area contributed by atoms with Crippen molar-refractivity contribution in [3.8, 4) is 33.6 Å². The molecule has 10 nitrogen and oxygen atoms in total. The van der Waals surface area contributed by atoms with Gasteiger partial charge >= 0.3 is 12.2 Å². The van der Waals surface area contributed by atoms with Crippen LogP contribution >= 0.6 is 0 Å². The van der Waals surface area contributed by atoms with Crippen LogP contribution in [0.1, 0.15) is 84.5 Å². The van der Waals surface area contributed by atoms with Crippen molar-refractivity contribution in [1.29, 1.82) is 0 Å². The Morgan fingerprint density at radius 1 is 0.796 bits per heavy atom. The van der Waals surface area contributed by atoms with Crippen LogP contribution in [0.25, 0.3) is 33.6 Å². The molecule has 13 heteroatoms. The molecule has 0 bridgehead atoms. The third kappa shape index (κ3) is 7.60. The van der Waals surface area contributed by atoms with Gasteiger partial charge in [-0.3, -0.25) is 9.80 Å². The first-order valence-corrected chi connectivity index (χ1v) is 16.3. The number of imidazole rings is 2. The van der Waals surface area contributed by atoms with E-state index in [1.807, 2.05) is 51.1 Å². The summed E-state index contributed by atoms with van der Waals surface area (Å²) in [6.45, 7) is 10.3. The number of alkyl halides is 2. The quantitative estimate of drug-likeness (QED) is 0.218. The van der Waals surface area contributed by atoms with Crippen LogP contribution < -0.4 is 0 Å². The van der Waals surface area contributed by atoms with E-state index in [1.165, 1.54) is 6.07 Å². The monoisotopic (exact) mass is 678 g/mol. The summed E-state index contributed by atoms with van der Waals surface area (Å²) in [4.78, 5) is 43.3. The van der Waals surface area contributed by atoms with Crippen LogP contribution in [-0.2, 0) is 9.47 Å². The van der Waals surface area contributed by atoms with Crippen LogP contribution in [0.4, 0.5) is 22.8 Å². The second-order valence-electron chi connectivity index (χ2n) is 14.7. The van der Waals surface area contributed by atoms with Gasteiger partial charge in [-0.15, -0.1) is 0 Å². The largest absolute Gasteiger partial charge is 0.444 e. The fourth-order valence-corrected chi connectivity index (χ4v) is 6.21. The molecule has 49 heavy (non-hydrogen) atoms. The van der Waals surface area contributed by atoms with Crippen molar-refractivity contribution < 1.29 is 32.2 Å². The summed E-state index contributed by atoms with van der Waals surface area (Å²) >= 11 is 0. The van der Waals surface area contributed by atoms with E-state index in [9.17, 15) is 18.4 Å². The van der Waals surface area contributed by atoms with E-state index in [0.717, 1.165) is 28.9 Å². The summed E-state index contributed by atoms with van der Waals surface area (Å²) in [5.74, 6) is -2.68. The van der Waals surface area contributed by atoms with Crippen molar-refractivity contribution in [1.82, 2.24) is 29.7 Å². The molecule has 4 aromatic rings. The van der Waals surface area contributed by atoms with E-state index in [2.05, 4.69) is 19.9 Å². The lowest BCUT2D eigenvalue weighted by Crippen LogP contribution is -2.38. The van der Waals surface area contributed by atoms with Crippen molar-refractivity contribution in [2.45, 2.75) is 90.0 Å². The molecule has 2 aromatic carbocycles. The molecule has 2 atom stereocenters. The molecule has 2 fully saturated rings. The van der Waals surface area contributed by atoms with E-state index >= 15 is 4.39 Å². The van der Waals surface area contributed by atoms with Gasteiger partial charge in [0.2, 0.25) is 0 Å². The molecule has 2 aromatic heterocycles. The number of aromatic nitrogens is 4. The molecule has 0 aliphatic carbocycles. The maximum Gasteiger partial charge on any atom is 0.411 e. The second-order valence-corrected chi connectivity index (χ2v) is 14.7. The Morgan fingerprint density at radius 3 is 1.98 bits per heavy atom. The SMILES string of the molecule is CC(C)(C)OC(=O)N1CC(F)(F)C[C@@H]1c1ncc(-c2ccc(-c3ccc(-c4cnc([C@H]5CCCN5C(=O)OC(C)(C)C)[nH]4)c(F)c3)cc2)[nH]1. The van der Waals surface area contributed by atoms with Gasteiger partial charge < -0.3 is 19.4 Å². The number of aromatic amines is 2. The number of nitrogens with zero attached hydrogens (tertiary/aromatic N) is 4. The van der Waals surface area contributed by atoms with E-state index in [4.69, 9.17) is 9.47 Å². The number of rotatable bonds is 5. The zero-order valence-electron chi connectivity index (χ0n) is 28.4. The fraction of sp³-hybridized carbons (Fsp3) is 0.444. The highest BCUT2D eigenvalue weighted by atomic mass is 19.3. The Balaban J connectivity index is 1.15. The lowest BCUT2D eigenvalue weighted by molar-refractivity contribution is -0.00248. The van der Waals surface area contributed by atoms with Crippen LogP contribution in [0.5, 0.6) is 0 Å². The number of hydrogen-bond acceptors (Lipinski definition) is 6. The number of carbonyl (C=O) groups excluding carboxylic acids is 2. The first kappa shape index (κ1) is 34.1. The van der Waals surface area contributed by atoms with E-state index in [0.29, 0.717) is 34.9 Å². The van der Waals surface area contributed by atoms with E-state index in [-0.39, 0.29) is 11.9 Å². The molecular weight excluding hydrogens is 637 g/mol. The highest BCUT2D eigenvalue weighted by Gasteiger charge is 2.50. The predicted octanol–water partition coefficient (Wildman–Crippen LogP) is 8.66. The van der Waals surface area contributed by atoms with Crippen LogP contribution in [-0.4, -0.2) is 72.1 Å². The number of benzene rings is 2. The average Bonchev–Trinajstić information content (AvgIpc) is 3.81. The minimum Gasteiger partial charge on any atom is -0.444 e. The van der Waals surface area contributed by atoms with Gasteiger partial charge in [-0.25, -0.2) is 32.7 Å². The minimum atomic E-state index is -3.07. The van der Waals surface area contributed by atoms with Crippen molar-refractivity contribution in [2.24, 2.45) is 0 Å². The van der Waals surface area contributed by atoms with E-state index < -0.39 is 54.1 Å². The van der Waals surface area contributed by atoms with Crippen molar-refractivity contribution in [3.63, 3.8) is 0 Å². The maximum atomic E-state index is 15.5. The lowest BCUT2D eigenvalue weighted by atomic mass is 10.0. The number of halogens is 3. The summed E-state index contributed by atoms with van der Waals surface area (Å²) in [7, 11) is 0. The van der Waals surface area contributed by atoms with Crippen molar-refractivity contribution in [2.75, 3.05) is 13.1 Å². The number of amides is 2. The normalized spacial score (nSPS) is 19.4. The molecule has 260 valence electrons. The first-order valence-electron chi connectivity index (χ1n) is 16.3. The van der Waals surface area contributed by atoms with Crippen LogP contribution in [0, 0.1) is 5.82 Å². The fourth-order valence-electron chi connectivity index (χ4n) is 6.21. The van der Waals surface area contributed by atoms with Gasteiger partial charge in [0.1, 0.15) is 28.7 Å². The summed E-state index contributed by atoms with van der Waals surface area (Å²) in [6.07, 6.45) is 2.88. The highest BCUT2D eigenvalue weighted by Crippen LogP contribution is 2.41. The third-order valence-corrected chi connectivity index (χ3v) is 8.39. The smallest absolute Gasteiger partial charge is 0.411 e. The number of hydrogen-bond donors (Lipinski definition) is 2. The van der Waals surface area contributed by atoms with Gasteiger partial charge in [0.05, 0.1) is 42.4 Å². The Kier molecular flexibility index (Phi) is 8.74. The molecule has 2 amide bonds. The molecule has 0 unspecified atom stereocenters. The van der Waals surface area contributed by atoms with Gasteiger partial charge in [0.25, 0.3) is 5.92 Å². The summed E-state index contributed by atoms with van der Waals surface area (Å²) in [5.41, 5.74) is 2.17. The standard InChI is InChI=1S/C36H41F3N6O4/c1-34(2,3)48-32(46)44-15-7-8-28(44)30-41-19-27(43-30)24-14-13-23(16-25(24)37)21-9-11-22(12-10-21)26-18-40-31(42-26)29-17-36(38,39)20-45(29)33(47)49-35(4,5)6/h9-14,16,18-19,28-29H,7-8,15,17,20H2,1-6H3,(H,40,42)(H,41,43)/t28-,29-/m1/s1. The molecule has 6 rings (SSSR count). The minimum absolute atomic E-state index is 0.243. The van der Waals surface area contributed by atoms with Gasteiger partial charge in [-0.2, -0.15) is 0 Å². The average molecular weight is 679 g/mol. The molecule has 0 spiro atoms. The molecule has 0 radical (unpaired) electrons.